The summed E-state index contributed by atoms with van der Waals surface area (Å²) >= 11 is 0. The van der Waals surface area contributed by atoms with Crippen LogP contribution in [-0.2, 0) is 5.41 Å². The van der Waals surface area contributed by atoms with Gasteiger partial charge in [0.1, 0.15) is 0 Å². The van der Waals surface area contributed by atoms with Gasteiger partial charge in [-0.25, -0.2) is 0 Å². The molecule has 3 N–H and O–H groups in total. The van der Waals surface area contributed by atoms with E-state index in [0.717, 1.165) is 12.2 Å². The smallest absolute Gasteiger partial charge is 0.193 e. The molecule has 0 radical (unpaired) electrons. The van der Waals surface area contributed by atoms with E-state index < -0.39 is 0 Å². The minimum absolute atomic E-state index is 0.157. The maximum Gasteiger partial charge on any atom is 0.193 e. The zero-order valence-corrected chi connectivity index (χ0v) is 12.8. The van der Waals surface area contributed by atoms with Crippen LogP contribution in [0, 0.1) is 0 Å². The quantitative estimate of drug-likeness (QED) is 0.663. The van der Waals surface area contributed by atoms with Crippen molar-refractivity contribution in [2.75, 3.05) is 11.9 Å². The summed E-state index contributed by atoms with van der Waals surface area (Å²) in [5, 5.41) is 3.16. The molecule has 2 aromatic rings. The Balaban J connectivity index is 1.73. The molecule has 1 aliphatic rings. The van der Waals surface area contributed by atoms with Gasteiger partial charge >= 0.3 is 0 Å². The highest BCUT2D eigenvalue weighted by Crippen LogP contribution is 2.41. The number of para-hydroxylation sites is 1. The Kier molecular flexibility index (Phi) is 4.42. The molecule has 0 aromatic heterocycles. The third-order valence-electron chi connectivity index (χ3n) is 4.55. The molecule has 22 heavy (non-hydrogen) atoms. The van der Waals surface area contributed by atoms with E-state index in [1.54, 1.807) is 0 Å². The number of hydrogen-bond acceptors (Lipinski definition) is 1. The van der Waals surface area contributed by atoms with Gasteiger partial charge in [-0.15, -0.1) is 0 Å². The fourth-order valence-electron chi connectivity index (χ4n) is 3.33. The van der Waals surface area contributed by atoms with Crippen LogP contribution < -0.4 is 11.1 Å². The number of anilines is 1. The predicted octanol–water partition coefficient (Wildman–Crippen LogP) is 3.93. The van der Waals surface area contributed by atoms with Crippen molar-refractivity contribution in [1.82, 2.24) is 0 Å². The van der Waals surface area contributed by atoms with Crippen molar-refractivity contribution in [3.05, 3.63) is 66.2 Å². The van der Waals surface area contributed by atoms with Gasteiger partial charge in [0, 0.05) is 11.1 Å². The van der Waals surface area contributed by atoms with Crippen molar-refractivity contribution < 1.29 is 0 Å². The van der Waals surface area contributed by atoms with Crippen molar-refractivity contribution >= 4 is 11.6 Å². The molecule has 0 heterocycles. The molecular weight excluding hydrogens is 270 g/mol. The van der Waals surface area contributed by atoms with Gasteiger partial charge in [0.25, 0.3) is 0 Å². The average molecular weight is 293 g/mol. The van der Waals surface area contributed by atoms with Gasteiger partial charge in [-0.05, 0) is 30.5 Å². The Hall–Kier alpha value is -2.29. The lowest BCUT2D eigenvalue weighted by Crippen LogP contribution is -2.30. The lowest BCUT2D eigenvalue weighted by atomic mass is 9.79. The van der Waals surface area contributed by atoms with Gasteiger partial charge in [0.15, 0.2) is 5.96 Å². The minimum Gasteiger partial charge on any atom is -0.370 e. The van der Waals surface area contributed by atoms with Crippen molar-refractivity contribution in [1.29, 1.82) is 0 Å². The van der Waals surface area contributed by atoms with Crippen LogP contribution in [0.4, 0.5) is 5.69 Å². The lowest BCUT2D eigenvalue weighted by Gasteiger charge is -2.28. The van der Waals surface area contributed by atoms with Gasteiger partial charge in [0.2, 0.25) is 0 Å². The number of hydrogen-bond donors (Lipinski definition) is 2. The van der Waals surface area contributed by atoms with Crippen molar-refractivity contribution in [2.24, 2.45) is 10.7 Å². The molecule has 0 aliphatic heterocycles. The van der Waals surface area contributed by atoms with E-state index in [1.165, 1.54) is 31.2 Å². The van der Waals surface area contributed by atoms with Crippen LogP contribution in [0.3, 0.4) is 0 Å². The molecule has 2 aromatic carbocycles. The Morgan fingerprint density at radius 1 is 0.955 bits per heavy atom. The van der Waals surface area contributed by atoms with Crippen LogP contribution in [0.1, 0.15) is 31.2 Å². The summed E-state index contributed by atoms with van der Waals surface area (Å²) in [6, 6.07) is 20.7. The van der Waals surface area contributed by atoms with Gasteiger partial charge in [-0.1, -0.05) is 61.4 Å². The van der Waals surface area contributed by atoms with Crippen LogP contribution in [0.15, 0.2) is 65.7 Å². The first kappa shape index (κ1) is 14.6. The summed E-state index contributed by atoms with van der Waals surface area (Å²) in [6.45, 7) is 0.753. The highest BCUT2D eigenvalue weighted by molar-refractivity contribution is 5.92. The van der Waals surface area contributed by atoms with Crippen molar-refractivity contribution in [3.8, 4) is 0 Å². The fourth-order valence-corrected chi connectivity index (χ4v) is 3.33. The van der Waals surface area contributed by atoms with E-state index in [4.69, 9.17) is 5.73 Å². The van der Waals surface area contributed by atoms with Crippen LogP contribution in [0.5, 0.6) is 0 Å². The minimum atomic E-state index is 0.157. The van der Waals surface area contributed by atoms with E-state index in [-0.39, 0.29) is 5.41 Å². The number of guanidine groups is 1. The first-order chi connectivity index (χ1) is 10.8. The Labute approximate surface area is 132 Å². The molecule has 3 rings (SSSR count). The summed E-state index contributed by atoms with van der Waals surface area (Å²) < 4.78 is 0. The van der Waals surface area contributed by atoms with E-state index in [1.807, 2.05) is 30.3 Å². The number of aliphatic imine (C=N–C) groups is 1. The van der Waals surface area contributed by atoms with Crippen LogP contribution in [-0.4, -0.2) is 12.5 Å². The number of rotatable bonds is 4. The lowest BCUT2D eigenvalue weighted by molar-refractivity contribution is 0.454. The molecule has 1 saturated carbocycles. The summed E-state index contributed by atoms with van der Waals surface area (Å²) in [6.07, 6.45) is 4.94. The van der Waals surface area contributed by atoms with Gasteiger partial charge in [0.05, 0.1) is 6.54 Å². The predicted molar refractivity (Wildman–Crippen MR) is 93.1 cm³/mol. The molecule has 0 atom stereocenters. The maximum atomic E-state index is 6.06. The summed E-state index contributed by atoms with van der Waals surface area (Å²) in [5.74, 6) is 0.494. The first-order valence-corrected chi connectivity index (χ1v) is 7.96. The van der Waals surface area contributed by atoms with E-state index >= 15 is 0 Å². The molecule has 3 heteroatoms. The second-order valence-corrected chi connectivity index (χ2v) is 6.05. The monoisotopic (exact) mass is 293 g/mol. The molecule has 0 unspecified atom stereocenters. The molecule has 3 nitrogen and oxygen atoms in total. The van der Waals surface area contributed by atoms with Crippen molar-refractivity contribution in [2.45, 2.75) is 31.1 Å². The van der Waals surface area contributed by atoms with Gasteiger partial charge < -0.3 is 11.1 Å². The molecule has 1 aliphatic carbocycles. The fraction of sp³-hybridized carbons (Fsp3) is 0.316. The summed E-state index contributed by atoms with van der Waals surface area (Å²) in [5.41, 5.74) is 8.58. The molecular formula is C19H23N3. The number of nitrogens with two attached hydrogens (primary N) is 1. The number of nitrogens with zero attached hydrogens (tertiary/aromatic N) is 1. The SMILES string of the molecule is NC(=NCC1(c2ccccc2)CCCC1)Nc1ccccc1. The highest BCUT2D eigenvalue weighted by atomic mass is 15.1. The summed E-state index contributed by atoms with van der Waals surface area (Å²) in [7, 11) is 0. The van der Waals surface area contributed by atoms with E-state index in [0.29, 0.717) is 5.96 Å². The van der Waals surface area contributed by atoms with E-state index in [9.17, 15) is 0 Å². The number of nitrogens with one attached hydrogen (secondary N) is 1. The highest BCUT2D eigenvalue weighted by Gasteiger charge is 2.35. The zero-order valence-electron chi connectivity index (χ0n) is 12.8. The zero-order chi connectivity index (χ0) is 15.3. The van der Waals surface area contributed by atoms with Gasteiger partial charge in [-0.2, -0.15) is 0 Å². The van der Waals surface area contributed by atoms with Gasteiger partial charge in [-0.3, -0.25) is 4.99 Å². The molecule has 114 valence electrons. The van der Waals surface area contributed by atoms with Crippen LogP contribution in [0.25, 0.3) is 0 Å². The van der Waals surface area contributed by atoms with E-state index in [2.05, 4.69) is 40.6 Å². The normalized spacial score (nSPS) is 17.4. The second kappa shape index (κ2) is 6.65. The Morgan fingerprint density at radius 3 is 2.18 bits per heavy atom. The third-order valence-corrected chi connectivity index (χ3v) is 4.55. The second-order valence-electron chi connectivity index (χ2n) is 6.05. The Bertz CT molecular complexity index is 614. The van der Waals surface area contributed by atoms with Crippen LogP contribution >= 0.6 is 0 Å². The number of benzene rings is 2. The standard InChI is InChI=1S/C19H23N3/c20-18(22-17-11-5-2-6-12-17)21-15-19(13-7-8-14-19)16-9-3-1-4-10-16/h1-6,9-12H,7-8,13-15H2,(H3,20,21,22). The molecule has 1 fully saturated rings. The van der Waals surface area contributed by atoms with Crippen LogP contribution in [0.2, 0.25) is 0 Å². The molecule has 0 saturated heterocycles. The van der Waals surface area contributed by atoms with Crippen molar-refractivity contribution in [3.63, 3.8) is 0 Å². The first-order valence-electron chi connectivity index (χ1n) is 7.96. The summed E-state index contributed by atoms with van der Waals surface area (Å²) in [4.78, 5) is 4.63. The maximum absolute atomic E-state index is 6.06. The molecule has 0 spiro atoms. The largest absolute Gasteiger partial charge is 0.370 e. The topological polar surface area (TPSA) is 50.4 Å². The molecule has 0 bridgehead atoms. The Morgan fingerprint density at radius 2 is 1.55 bits per heavy atom. The average Bonchev–Trinajstić information content (AvgIpc) is 3.05. The molecule has 0 amide bonds. The third kappa shape index (κ3) is 3.30.